The molecule has 0 saturated carbocycles. The predicted octanol–water partition coefficient (Wildman–Crippen LogP) is 4.46. The number of hydrogen-bond donors (Lipinski definition) is 1. The van der Waals surface area contributed by atoms with Gasteiger partial charge in [0.1, 0.15) is 0 Å². The summed E-state index contributed by atoms with van der Waals surface area (Å²) in [4.78, 5) is 10.8. The summed E-state index contributed by atoms with van der Waals surface area (Å²) in [5, 5.41) is 8.57. The fourth-order valence-electron chi connectivity index (χ4n) is 1.86. The van der Waals surface area contributed by atoms with Crippen LogP contribution in [0.4, 0.5) is 35.5 Å². The molecular weight excluding hydrogens is 323 g/mol. The largest absolute Gasteiger partial charge is 0.464 e. The number of fused-ring (bicyclic) bond motifs is 1. The molecule has 0 spiro atoms. The summed E-state index contributed by atoms with van der Waals surface area (Å²) >= 11 is 0. The molecule has 1 heterocycles. The third-order valence-corrected chi connectivity index (χ3v) is 3.01. The van der Waals surface area contributed by atoms with Crippen LogP contribution in [0.15, 0.2) is 30.5 Å². The van der Waals surface area contributed by atoms with Gasteiger partial charge in [0.05, 0.1) is 5.52 Å². The molecule has 0 amide bonds. The van der Waals surface area contributed by atoms with E-state index in [1.165, 1.54) is 0 Å². The van der Waals surface area contributed by atoms with Crippen molar-refractivity contribution >= 4 is 17.0 Å². The summed E-state index contributed by atoms with van der Waals surface area (Å²) in [6.45, 7) is 0. The van der Waals surface area contributed by atoms with Gasteiger partial charge in [-0.05, 0) is 18.2 Å². The lowest BCUT2D eigenvalue weighted by Crippen LogP contribution is -2.50. The maximum atomic E-state index is 13.5. The number of benzene rings is 1. The van der Waals surface area contributed by atoms with Crippen LogP contribution >= 0.6 is 0 Å². The Bertz CT molecular complexity index is 733. The molecule has 2 aromatic rings. The number of carbonyl (C=O) groups is 1. The van der Waals surface area contributed by atoms with Crippen LogP contribution in [0.2, 0.25) is 0 Å². The van der Waals surface area contributed by atoms with Crippen LogP contribution in [-0.2, 0) is 5.92 Å². The first-order chi connectivity index (χ1) is 9.89. The Morgan fingerprint density at radius 2 is 1.59 bits per heavy atom. The van der Waals surface area contributed by atoms with E-state index in [2.05, 4.69) is 0 Å². The highest BCUT2D eigenvalue weighted by atomic mass is 19.4. The van der Waals surface area contributed by atoms with Crippen LogP contribution in [0.3, 0.4) is 0 Å². The Hall–Kier alpha value is -2.26. The molecule has 0 aliphatic heterocycles. The molecule has 0 atom stereocenters. The van der Waals surface area contributed by atoms with Crippen molar-refractivity contribution in [2.75, 3.05) is 0 Å². The van der Waals surface area contributed by atoms with E-state index in [0.717, 1.165) is 18.3 Å². The SMILES string of the molecule is O=C(O)n1ccc2cc(C(F)(F)C(F)(F)C(F)(F)F)ccc21. The number of carboxylic acid groups (broad SMARTS) is 1. The van der Waals surface area contributed by atoms with E-state index >= 15 is 0 Å². The molecule has 0 fully saturated rings. The van der Waals surface area contributed by atoms with Crippen molar-refractivity contribution in [3.05, 3.63) is 36.0 Å². The van der Waals surface area contributed by atoms with E-state index < -0.39 is 29.7 Å². The van der Waals surface area contributed by atoms with E-state index in [9.17, 15) is 35.5 Å². The van der Waals surface area contributed by atoms with Crippen LogP contribution in [0.1, 0.15) is 5.56 Å². The summed E-state index contributed by atoms with van der Waals surface area (Å²) in [5.41, 5.74) is -1.69. The van der Waals surface area contributed by atoms with Crippen molar-refractivity contribution < 1.29 is 40.6 Å². The number of nitrogens with zero attached hydrogens (tertiary/aromatic N) is 1. The normalized spacial score (nSPS) is 13.6. The molecule has 0 aliphatic carbocycles. The fraction of sp³-hybridized carbons (Fsp3) is 0.250. The van der Waals surface area contributed by atoms with Crippen LogP contribution < -0.4 is 0 Å². The minimum Gasteiger partial charge on any atom is -0.464 e. The lowest BCUT2D eigenvalue weighted by atomic mass is 10.0. The highest BCUT2D eigenvalue weighted by Gasteiger charge is 2.73. The minimum absolute atomic E-state index is 0.123. The lowest BCUT2D eigenvalue weighted by Gasteiger charge is -2.28. The minimum atomic E-state index is -6.43. The quantitative estimate of drug-likeness (QED) is 0.827. The summed E-state index contributed by atoms with van der Waals surface area (Å²) in [6.07, 6.45) is -6.94. The Kier molecular flexibility index (Phi) is 3.38. The smallest absolute Gasteiger partial charge is 0.460 e. The second-order valence-corrected chi connectivity index (χ2v) is 4.39. The van der Waals surface area contributed by atoms with E-state index in [1.807, 2.05) is 0 Å². The van der Waals surface area contributed by atoms with Gasteiger partial charge < -0.3 is 5.11 Å². The molecule has 1 aromatic heterocycles. The van der Waals surface area contributed by atoms with Crippen molar-refractivity contribution in [1.82, 2.24) is 4.57 Å². The maximum absolute atomic E-state index is 13.5. The van der Waals surface area contributed by atoms with Crippen molar-refractivity contribution in [2.24, 2.45) is 0 Å². The van der Waals surface area contributed by atoms with Gasteiger partial charge in [-0.2, -0.15) is 30.7 Å². The topological polar surface area (TPSA) is 42.2 Å². The third kappa shape index (κ3) is 2.18. The zero-order valence-corrected chi connectivity index (χ0v) is 10.3. The highest BCUT2D eigenvalue weighted by Crippen LogP contribution is 2.52. The molecular formula is C12H6F7NO2. The predicted molar refractivity (Wildman–Crippen MR) is 60.3 cm³/mol. The Labute approximate surface area is 117 Å². The molecule has 22 heavy (non-hydrogen) atoms. The van der Waals surface area contributed by atoms with Crippen LogP contribution in [0.5, 0.6) is 0 Å². The molecule has 0 unspecified atom stereocenters. The standard InChI is InChI=1S/C12H6F7NO2/c13-10(14,11(15,16)12(17,18)19)7-1-2-8-6(5-7)3-4-20(8)9(21)22/h1-5H,(H,21,22). The average Bonchev–Trinajstić information content (AvgIpc) is 2.79. The molecule has 10 heteroatoms. The first-order valence-electron chi connectivity index (χ1n) is 5.57. The van der Waals surface area contributed by atoms with Gasteiger partial charge in [0.25, 0.3) is 0 Å². The second-order valence-electron chi connectivity index (χ2n) is 4.39. The van der Waals surface area contributed by atoms with Crippen LogP contribution in [-0.4, -0.2) is 27.9 Å². The van der Waals surface area contributed by atoms with E-state index in [1.54, 1.807) is 0 Å². The average molecular weight is 329 g/mol. The van der Waals surface area contributed by atoms with Crippen molar-refractivity contribution in [3.63, 3.8) is 0 Å². The molecule has 0 bridgehead atoms. The third-order valence-electron chi connectivity index (χ3n) is 3.01. The number of alkyl halides is 7. The number of aromatic nitrogens is 1. The summed E-state index contributed by atoms with van der Waals surface area (Å²) in [6, 6.07) is 2.48. The number of halogens is 7. The van der Waals surface area contributed by atoms with E-state index in [4.69, 9.17) is 5.11 Å². The van der Waals surface area contributed by atoms with E-state index in [0.29, 0.717) is 16.7 Å². The fourth-order valence-corrected chi connectivity index (χ4v) is 1.86. The molecule has 2 rings (SSSR count). The second kappa shape index (κ2) is 4.62. The van der Waals surface area contributed by atoms with Gasteiger partial charge >= 0.3 is 24.1 Å². The highest BCUT2D eigenvalue weighted by molar-refractivity contribution is 5.89. The first kappa shape index (κ1) is 16.1. The van der Waals surface area contributed by atoms with Gasteiger partial charge in [-0.15, -0.1) is 0 Å². The molecule has 1 aromatic carbocycles. The Balaban J connectivity index is 2.58. The van der Waals surface area contributed by atoms with Crippen molar-refractivity contribution in [3.8, 4) is 0 Å². The Morgan fingerprint density at radius 1 is 1.00 bits per heavy atom. The van der Waals surface area contributed by atoms with Crippen LogP contribution in [0, 0.1) is 0 Å². The molecule has 1 N–H and O–H groups in total. The van der Waals surface area contributed by atoms with Gasteiger partial charge in [-0.3, -0.25) is 4.57 Å². The van der Waals surface area contributed by atoms with Gasteiger partial charge in [-0.25, -0.2) is 4.79 Å². The number of hydrogen-bond acceptors (Lipinski definition) is 1. The lowest BCUT2D eigenvalue weighted by molar-refractivity contribution is -0.359. The molecule has 120 valence electrons. The monoisotopic (exact) mass is 329 g/mol. The van der Waals surface area contributed by atoms with Crippen LogP contribution in [0.25, 0.3) is 10.9 Å². The van der Waals surface area contributed by atoms with Gasteiger partial charge in [-0.1, -0.05) is 6.07 Å². The van der Waals surface area contributed by atoms with Gasteiger partial charge in [0, 0.05) is 17.1 Å². The van der Waals surface area contributed by atoms with Gasteiger partial charge in [0.2, 0.25) is 0 Å². The van der Waals surface area contributed by atoms with E-state index in [-0.39, 0.29) is 10.9 Å². The molecule has 3 nitrogen and oxygen atoms in total. The maximum Gasteiger partial charge on any atom is 0.460 e. The molecule has 0 aliphatic rings. The first-order valence-corrected chi connectivity index (χ1v) is 5.57. The van der Waals surface area contributed by atoms with Crippen molar-refractivity contribution in [2.45, 2.75) is 18.0 Å². The summed E-state index contributed by atoms with van der Waals surface area (Å²) < 4.78 is 90.0. The molecule has 0 radical (unpaired) electrons. The van der Waals surface area contributed by atoms with Gasteiger partial charge in [0.15, 0.2) is 0 Å². The summed E-state index contributed by atoms with van der Waals surface area (Å²) in [7, 11) is 0. The zero-order chi connectivity index (χ0) is 16.9. The number of rotatable bonds is 2. The Morgan fingerprint density at radius 3 is 2.09 bits per heavy atom. The summed E-state index contributed by atoms with van der Waals surface area (Å²) in [5.74, 6) is -11.8. The zero-order valence-electron chi connectivity index (χ0n) is 10.3. The van der Waals surface area contributed by atoms with Crippen molar-refractivity contribution in [1.29, 1.82) is 0 Å². The molecule has 0 saturated heterocycles.